The molecule has 0 spiro atoms. The highest BCUT2D eigenvalue weighted by molar-refractivity contribution is 5.96. The molecule has 1 heterocycles. The maximum atomic E-state index is 11.6. The van der Waals surface area contributed by atoms with E-state index in [1.165, 1.54) is 0 Å². The normalized spacial score (nSPS) is 8.93. The fourth-order valence-electron chi connectivity index (χ4n) is 1.12. The first-order chi connectivity index (χ1) is 7.29. The fourth-order valence-corrected chi connectivity index (χ4v) is 1.12. The largest absolute Gasteiger partial charge is 0.352 e. The van der Waals surface area contributed by atoms with Gasteiger partial charge in [-0.1, -0.05) is 12.8 Å². The van der Waals surface area contributed by atoms with Gasteiger partial charge in [-0.2, -0.15) is 0 Å². The van der Waals surface area contributed by atoms with E-state index in [-0.39, 0.29) is 7.33 Å². The van der Waals surface area contributed by atoms with Gasteiger partial charge in [-0.25, -0.2) is 4.98 Å². The van der Waals surface area contributed by atoms with E-state index in [4.69, 9.17) is 0 Å². The molecule has 0 bridgehead atoms. The van der Waals surface area contributed by atoms with Crippen LogP contribution in [0.4, 0.5) is 0 Å². The predicted molar refractivity (Wildman–Crippen MR) is 61.5 cm³/mol. The first kappa shape index (κ1) is 11.3. The van der Waals surface area contributed by atoms with Crippen LogP contribution in [0.3, 0.4) is 0 Å². The maximum Gasteiger partial charge on any atom is 0.254 e. The minimum atomic E-state index is -0.119. The van der Waals surface area contributed by atoms with Gasteiger partial charge in [-0.3, -0.25) is 4.79 Å². The molecule has 0 unspecified atom stereocenters. The van der Waals surface area contributed by atoms with Gasteiger partial charge in [0.2, 0.25) is 0 Å². The molecule has 0 aliphatic heterocycles. The summed E-state index contributed by atoms with van der Waals surface area (Å²) in [6.45, 7) is 4.45. The number of nitrogens with zero attached hydrogens (tertiary/aromatic N) is 1. The molecule has 0 aliphatic carbocycles. The summed E-state index contributed by atoms with van der Waals surface area (Å²) >= 11 is 0. The highest BCUT2D eigenvalue weighted by atomic mass is 16.1. The molecule has 3 nitrogen and oxygen atoms in total. The third-order valence-corrected chi connectivity index (χ3v) is 1.77. The summed E-state index contributed by atoms with van der Waals surface area (Å²) in [6.07, 6.45) is 2.40. The lowest BCUT2D eigenvalue weighted by atomic mass is 10.2. The standard InChI is InChI=1S/C12H14N2O.H2/c1-3-5-8-11-10(7-6-9-14-11)12(15)13-4-2;/h6-7,9H,3-4H2,1-2H3,(H,13,15);1H. The van der Waals surface area contributed by atoms with Gasteiger partial charge in [0, 0.05) is 20.6 Å². The van der Waals surface area contributed by atoms with E-state index < -0.39 is 0 Å². The van der Waals surface area contributed by atoms with Gasteiger partial charge in [0.05, 0.1) is 5.56 Å². The molecule has 0 atom stereocenters. The molecule has 1 aromatic heterocycles. The van der Waals surface area contributed by atoms with Crippen molar-refractivity contribution in [1.29, 1.82) is 0 Å². The van der Waals surface area contributed by atoms with Crippen LogP contribution in [0.5, 0.6) is 0 Å². The first-order valence-corrected chi connectivity index (χ1v) is 5.01. The van der Waals surface area contributed by atoms with Gasteiger partial charge in [0.1, 0.15) is 5.69 Å². The number of amides is 1. The van der Waals surface area contributed by atoms with Crippen LogP contribution in [-0.2, 0) is 0 Å². The van der Waals surface area contributed by atoms with E-state index in [9.17, 15) is 4.79 Å². The van der Waals surface area contributed by atoms with Crippen molar-refractivity contribution >= 4 is 5.91 Å². The molecule has 1 amide bonds. The molecule has 1 N–H and O–H groups in total. The predicted octanol–water partition coefficient (Wildman–Crippen LogP) is 1.84. The monoisotopic (exact) mass is 204 g/mol. The highest BCUT2D eigenvalue weighted by Crippen LogP contribution is 2.03. The quantitative estimate of drug-likeness (QED) is 0.747. The van der Waals surface area contributed by atoms with Gasteiger partial charge in [-0.15, -0.1) is 0 Å². The van der Waals surface area contributed by atoms with Crippen LogP contribution in [0.15, 0.2) is 18.3 Å². The lowest BCUT2D eigenvalue weighted by molar-refractivity contribution is 0.0955. The Kier molecular flexibility index (Phi) is 4.36. The van der Waals surface area contributed by atoms with Crippen LogP contribution in [0.25, 0.3) is 0 Å². The second-order valence-corrected chi connectivity index (χ2v) is 2.91. The number of carbonyl (C=O) groups is 1. The molecule has 0 fully saturated rings. The Labute approximate surface area is 91.4 Å². The molecule has 0 saturated heterocycles. The lowest BCUT2D eigenvalue weighted by Gasteiger charge is -2.03. The zero-order valence-electron chi connectivity index (χ0n) is 9.00. The average Bonchev–Trinajstić information content (AvgIpc) is 2.27. The number of hydrogen-bond donors (Lipinski definition) is 1. The van der Waals surface area contributed by atoms with Crippen molar-refractivity contribution in [2.75, 3.05) is 6.54 Å². The Morgan fingerprint density at radius 3 is 3.07 bits per heavy atom. The van der Waals surface area contributed by atoms with Crippen molar-refractivity contribution in [1.82, 2.24) is 10.3 Å². The van der Waals surface area contributed by atoms with Crippen LogP contribution in [0.1, 0.15) is 37.7 Å². The summed E-state index contributed by atoms with van der Waals surface area (Å²) in [5, 5.41) is 2.73. The van der Waals surface area contributed by atoms with E-state index >= 15 is 0 Å². The van der Waals surface area contributed by atoms with Crippen LogP contribution in [0, 0.1) is 11.8 Å². The zero-order chi connectivity index (χ0) is 11.1. The second-order valence-electron chi connectivity index (χ2n) is 2.91. The zero-order valence-corrected chi connectivity index (χ0v) is 9.00. The third kappa shape index (κ3) is 3.10. The number of aromatic nitrogens is 1. The van der Waals surface area contributed by atoms with E-state index in [0.29, 0.717) is 17.8 Å². The average molecular weight is 204 g/mol. The summed E-state index contributed by atoms with van der Waals surface area (Å²) in [7, 11) is 0. The molecule has 0 radical (unpaired) electrons. The topological polar surface area (TPSA) is 42.0 Å². The van der Waals surface area contributed by atoms with E-state index in [1.807, 2.05) is 13.8 Å². The van der Waals surface area contributed by atoms with Gasteiger partial charge >= 0.3 is 0 Å². The van der Waals surface area contributed by atoms with Crippen molar-refractivity contribution in [3.8, 4) is 11.8 Å². The summed E-state index contributed by atoms with van der Waals surface area (Å²) in [4.78, 5) is 15.7. The van der Waals surface area contributed by atoms with Crippen molar-refractivity contribution in [2.45, 2.75) is 20.3 Å². The number of pyridine rings is 1. The fraction of sp³-hybridized carbons (Fsp3) is 0.333. The van der Waals surface area contributed by atoms with E-state index in [2.05, 4.69) is 22.1 Å². The summed E-state index contributed by atoms with van der Waals surface area (Å²) < 4.78 is 0. The first-order valence-electron chi connectivity index (χ1n) is 5.01. The smallest absolute Gasteiger partial charge is 0.254 e. The van der Waals surface area contributed by atoms with Gasteiger partial charge < -0.3 is 5.32 Å². The van der Waals surface area contributed by atoms with Gasteiger partial charge in [0.25, 0.3) is 5.91 Å². The molecule has 0 aromatic carbocycles. The molecule has 80 valence electrons. The Morgan fingerprint density at radius 1 is 1.60 bits per heavy atom. The molecule has 15 heavy (non-hydrogen) atoms. The van der Waals surface area contributed by atoms with Gasteiger partial charge in [-0.05, 0) is 25.0 Å². The van der Waals surface area contributed by atoms with Gasteiger partial charge in [0.15, 0.2) is 0 Å². The molecule has 1 aromatic rings. The molecule has 1 rings (SSSR count). The van der Waals surface area contributed by atoms with Crippen LogP contribution in [-0.4, -0.2) is 17.4 Å². The number of rotatable bonds is 2. The SMILES string of the molecule is CCC#Cc1ncccc1C(=O)NCC.[HH]. The minimum Gasteiger partial charge on any atom is -0.352 e. The van der Waals surface area contributed by atoms with Crippen LogP contribution in [0.2, 0.25) is 0 Å². The van der Waals surface area contributed by atoms with Crippen LogP contribution >= 0.6 is 0 Å². The molecule has 0 saturated carbocycles. The number of hydrogen-bond acceptors (Lipinski definition) is 2. The van der Waals surface area contributed by atoms with Crippen molar-refractivity contribution < 1.29 is 6.22 Å². The molecule has 3 heteroatoms. The summed E-state index contributed by atoms with van der Waals surface area (Å²) in [5.74, 6) is 5.67. The summed E-state index contributed by atoms with van der Waals surface area (Å²) in [5.41, 5.74) is 1.09. The Bertz CT molecular complexity index is 407. The Hall–Kier alpha value is -1.82. The Morgan fingerprint density at radius 2 is 2.40 bits per heavy atom. The molecular formula is C12H16N2O. The second kappa shape index (κ2) is 5.82. The Balaban J connectivity index is 0.00000225. The molecular weight excluding hydrogens is 188 g/mol. The van der Waals surface area contributed by atoms with Crippen molar-refractivity contribution in [2.24, 2.45) is 0 Å². The summed E-state index contributed by atoms with van der Waals surface area (Å²) in [6, 6.07) is 3.47. The van der Waals surface area contributed by atoms with Crippen molar-refractivity contribution in [3.05, 3.63) is 29.6 Å². The number of nitrogens with one attached hydrogen (secondary N) is 1. The lowest BCUT2D eigenvalue weighted by Crippen LogP contribution is -2.23. The van der Waals surface area contributed by atoms with E-state index in [1.54, 1.807) is 18.3 Å². The minimum absolute atomic E-state index is 0. The highest BCUT2D eigenvalue weighted by Gasteiger charge is 2.08. The maximum absolute atomic E-state index is 11.6. The van der Waals surface area contributed by atoms with E-state index in [0.717, 1.165) is 6.42 Å². The third-order valence-electron chi connectivity index (χ3n) is 1.77. The number of carbonyl (C=O) groups excluding carboxylic acids is 1. The van der Waals surface area contributed by atoms with Crippen LogP contribution < -0.4 is 5.32 Å². The van der Waals surface area contributed by atoms with Crippen molar-refractivity contribution in [3.63, 3.8) is 0 Å². The molecule has 0 aliphatic rings.